The van der Waals surface area contributed by atoms with E-state index in [9.17, 15) is 5.11 Å². The number of hydrogen-bond donors (Lipinski definition) is 4. The third-order valence-electron chi connectivity index (χ3n) is 7.60. The number of anilines is 3. The van der Waals surface area contributed by atoms with Crippen molar-refractivity contribution in [3.63, 3.8) is 0 Å². The highest BCUT2D eigenvalue weighted by molar-refractivity contribution is 5.55. The number of nitrogens with zero attached hydrogens (tertiary/aromatic N) is 3. The normalized spacial score (nSPS) is 36.2. The molecule has 4 bridgehead atoms. The molecule has 0 aromatic carbocycles. The minimum atomic E-state index is -0.494. The van der Waals surface area contributed by atoms with E-state index in [1.54, 1.807) is 6.07 Å². The number of aromatic amines is 1. The summed E-state index contributed by atoms with van der Waals surface area (Å²) in [6.07, 6.45) is 6.15. The molecule has 2 aromatic heterocycles. The Morgan fingerprint density at radius 1 is 1.23 bits per heavy atom. The van der Waals surface area contributed by atoms with Gasteiger partial charge in [-0.1, -0.05) is 0 Å². The maximum Gasteiger partial charge on any atom is 0.225 e. The zero-order valence-electron chi connectivity index (χ0n) is 17.7. The summed E-state index contributed by atoms with van der Waals surface area (Å²) in [5, 5.41) is 24.4. The van der Waals surface area contributed by atoms with E-state index in [0.29, 0.717) is 41.8 Å². The molecule has 166 valence electrons. The number of aromatic nitrogens is 4. The largest absolute Gasteiger partial charge is 0.390 e. The molecule has 0 radical (unpaired) electrons. The second-order valence-electron chi connectivity index (χ2n) is 10.0. The van der Waals surface area contributed by atoms with Gasteiger partial charge in [0.1, 0.15) is 11.8 Å². The van der Waals surface area contributed by atoms with Crippen molar-refractivity contribution in [2.24, 2.45) is 17.8 Å². The van der Waals surface area contributed by atoms with Crippen LogP contribution in [0.3, 0.4) is 0 Å². The Kier molecular flexibility index (Phi) is 4.47. The second-order valence-corrected chi connectivity index (χ2v) is 10.0. The summed E-state index contributed by atoms with van der Waals surface area (Å²) in [4.78, 5) is 9.08. The Morgan fingerprint density at radius 2 is 2.03 bits per heavy atom. The number of H-pyrrole nitrogens is 1. The average Bonchev–Trinajstić information content (AvgIpc) is 3.37. The summed E-state index contributed by atoms with van der Waals surface area (Å²) >= 11 is 0. The van der Waals surface area contributed by atoms with Gasteiger partial charge in [-0.15, -0.1) is 0 Å². The number of aryl methyl sites for hydroxylation is 1. The van der Waals surface area contributed by atoms with Gasteiger partial charge in [-0.25, -0.2) is 9.37 Å². The molecule has 0 amide bonds. The summed E-state index contributed by atoms with van der Waals surface area (Å²) in [6.45, 7) is 2.50. The minimum Gasteiger partial charge on any atom is -0.390 e. The highest BCUT2D eigenvalue weighted by atomic mass is 19.1. The zero-order valence-corrected chi connectivity index (χ0v) is 17.7. The predicted octanol–water partition coefficient (Wildman–Crippen LogP) is 3.59. The van der Waals surface area contributed by atoms with Gasteiger partial charge in [0.15, 0.2) is 17.5 Å². The van der Waals surface area contributed by atoms with Crippen LogP contribution in [0.15, 0.2) is 6.07 Å². The van der Waals surface area contributed by atoms with E-state index in [2.05, 4.69) is 30.8 Å². The molecule has 3 heterocycles. The highest BCUT2D eigenvalue weighted by Gasteiger charge is 2.54. The number of hydrogen-bond acceptors (Lipinski definition) is 7. The van der Waals surface area contributed by atoms with Crippen LogP contribution in [0, 0.1) is 30.5 Å². The van der Waals surface area contributed by atoms with Gasteiger partial charge in [-0.3, -0.25) is 5.10 Å². The molecule has 5 fully saturated rings. The third kappa shape index (κ3) is 3.47. The first-order valence-corrected chi connectivity index (χ1v) is 11.4. The Balaban J connectivity index is 1.32. The average molecular weight is 429 g/mol. The Bertz CT molecular complexity index is 974. The van der Waals surface area contributed by atoms with Crippen molar-refractivity contribution >= 4 is 17.6 Å². The van der Waals surface area contributed by atoms with Crippen LogP contribution in [0.4, 0.5) is 22.0 Å². The Hall–Kier alpha value is -2.26. The molecule has 0 spiro atoms. The molecule has 1 saturated heterocycles. The van der Waals surface area contributed by atoms with Gasteiger partial charge in [0, 0.05) is 24.4 Å². The maximum absolute atomic E-state index is 15.3. The van der Waals surface area contributed by atoms with E-state index in [4.69, 9.17) is 4.74 Å². The molecule has 4 saturated carbocycles. The van der Waals surface area contributed by atoms with E-state index >= 15 is 4.39 Å². The van der Waals surface area contributed by atoms with Crippen LogP contribution in [0.25, 0.3) is 0 Å². The second kappa shape index (κ2) is 7.13. The fourth-order valence-corrected chi connectivity index (χ4v) is 6.59. The third-order valence-corrected chi connectivity index (χ3v) is 7.60. The number of ether oxygens (including phenoxy) is 1. The van der Waals surface area contributed by atoms with Crippen molar-refractivity contribution in [1.29, 1.82) is 0 Å². The molecule has 7 rings (SSSR count). The van der Waals surface area contributed by atoms with Gasteiger partial charge in [-0.2, -0.15) is 10.1 Å². The molecule has 4 aliphatic carbocycles. The molecule has 4 N–H and O–H groups in total. The van der Waals surface area contributed by atoms with Gasteiger partial charge >= 0.3 is 0 Å². The SMILES string of the molecule is Cc1cc(Nc2nc(NC3C4CC5CC3CC(O)(C5)C4)nc(C3CCCO3)c2F)n[nH]1. The standard InChI is InChI=1S/C22H29FN6O2/c1-11-5-16(29-28-11)24-20-17(23)19(15-3-2-4-31-15)26-21(27-20)25-18-13-6-12-7-14(18)10-22(30,8-12)9-13/h5,12-15,18,30H,2-4,6-10H2,1H3,(H3,24,25,26,27,28,29). The Morgan fingerprint density at radius 3 is 2.68 bits per heavy atom. The summed E-state index contributed by atoms with van der Waals surface area (Å²) < 4.78 is 21.1. The Labute approximate surface area is 180 Å². The van der Waals surface area contributed by atoms with Crippen molar-refractivity contribution in [2.75, 3.05) is 17.2 Å². The zero-order chi connectivity index (χ0) is 21.2. The van der Waals surface area contributed by atoms with Gasteiger partial charge in [0.25, 0.3) is 0 Å². The number of nitrogens with one attached hydrogen (secondary N) is 3. The monoisotopic (exact) mass is 428 g/mol. The molecule has 3 atom stereocenters. The lowest BCUT2D eigenvalue weighted by molar-refractivity contribution is -0.129. The van der Waals surface area contributed by atoms with Gasteiger partial charge in [0.2, 0.25) is 5.95 Å². The first kappa shape index (κ1) is 19.4. The van der Waals surface area contributed by atoms with Crippen LogP contribution in [-0.2, 0) is 4.74 Å². The first-order chi connectivity index (χ1) is 15.0. The fourth-order valence-electron chi connectivity index (χ4n) is 6.59. The molecule has 31 heavy (non-hydrogen) atoms. The van der Waals surface area contributed by atoms with Crippen LogP contribution in [0.5, 0.6) is 0 Å². The van der Waals surface area contributed by atoms with Crippen molar-refractivity contribution in [3.8, 4) is 0 Å². The predicted molar refractivity (Wildman–Crippen MR) is 112 cm³/mol. The number of aliphatic hydroxyl groups is 1. The van der Waals surface area contributed by atoms with Crippen LogP contribution in [-0.4, -0.2) is 43.5 Å². The number of rotatable bonds is 5. The van der Waals surface area contributed by atoms with Crippen LogP contribution in [0.1, 0.15) is 62.4 Å². The maximum atomic E-state index is 15.3. The lowest BCUT2D eigenvalue weighted by Crippen LogP contribution is -2.59. The molecule has 2 aromatic rings. The summed E-state index contributed by atoms with van der Waals surface area (Å²) in [5.74, 6) is 1.98. The lowest BCUT2D eigenvalue weighted by Gasteiger charge is -2.58. The molecule has 8 nitrogen and oxygen atoms in total. The molecule has 1 aliphatic heterocycles. The van der Waals surface area contributed by atoms with Crippen molar-refractivity contribution in [2.45, 2.75) is 69.6 Å². The van der Waals surface area contributed by atoms with Crippen LogP contribution < -0.4 is 10.6 Å². The van der Waals surface area contributed by atoms with Crippen LogP contribution >= 0.6 is 0 Å². The van der Waals surface area contributed by atoms with E-state index in [1.165, 1.54) is 0 Å². The quantitative estimate of drug-likeness (QED) is 0.576. The molecular weight excluding hydrogens is 399 g/mol. The van der Waals surface area contributed by atoms with Gasteiger partial charge in [-0.05, 0) is 69.6 Å². The topological polar surface area (TPSA) is 108 Å². The van der Waals surface area contributed by atoms with E-state index in [-0.39, 0.29) is 18.0 Å². The molecule has 3 unspecified atom stereocenters. The van der Waals surface area contributed by atoms with Crippen molar-refractivity contribution in [1.82, 2.24) is 20.2 Å². The molecule has 5 aliphatic rings. The summed E-state index contributed by atoms with van der Waals surface area (Å²) in [7, 11) is 0. The fraction of sp³-hybridized carbons (Fsp3) is 0.682. The highest BCUT2D eigenvalue weighted by Crippen LogP contribution is 2.56. The van der Waals surface area contributed by atoms with Crippen molar-refractivity contribution in [3.05, 3.63) is 23.3 Å². The summed E-state index contributed by atoms with van der Waals surface area (Å²) in [6, 6.07) is 2.01. The van der Waals surface area contributed by atoms with Crippen molar-refractivity contribution < 1.29 is 14.2 Å². The van der Waals surface area contributed by atoms with Gasteiger partial charge in [0.05, 0.1) is 5.60 Å². The smallest absolute Gasteiger partial charge is 0.225 e. The summed E-state index contributed by atoms with van der Waals surface area (Å²) in [5.41, 5.74) is 0.680. The van der Waals surface area contributed by atoms with Crippen LogP contribution in [0.2, 0.25) is 0 Å². The number of halogens is 1. The van der Waals surface area contributed by atoms with Gasteiger partial charge < -0.3 is 20.5 Å². The van der Waals surface area contributed by atoms with E-state index in [1.807, 2.05) is 6.92 Å². The van der Waals surface area contributed by atoms with E-state index < -0.39 is 11.4 Å². The molecule has 9 heteroatoms. The first-order valence-electron chi connectivity index (χ1n) is 11.4. The lowest BCUT2D eigenvalue weighted by atomic mass is 9.52. The minimum absolute atomic E-state index is 0.108. The van der Waals surface area contributed by atoms with E-state index in [0.717, 1.165) is 50.6 Å². The molecular formula is C22H29FN6O2.